The second-order valence-electron chi connectivity index (χ2n) is 9.05. The van der Waals surface area contributed by atoms with Gasteiger partial charge in [-0.05, 0) is 52.1 Å². The van der Waals surface area contributed by atoms with Crippen molar-refractivity contribution in [3.63, 3.8) is 0 Å². The topological polar surface area (TPSA) is 38.7 Å². The maximum atomic E-state index is 6.31. The molecule has 2 aromatic heterocycles. The van der Waals surface area contributed by atoms with E-state index in [9.17, 15) is 0 Å². The maximum Gasteiger partial charge on any atom is 0.226 e. The summed E-state index contributed by atoms with van der Waals surface area (Å²) in [6.07, 6.45) is 0. The fraction of sp³-hybridized carbons (Fsp3) is 0. The van der Waals surface area contributed by atoms with Crippen molar-refractivity contribution in [2.75, 3.05) is 0 Å². The molecular weight excluding hydrogens is 506 g/mol. The number of rotatable bonds is 4. The van der Waals surface area contributed by atoms with Crippen molar-refractivity contribution in [2.24, 2.45) is 0 Å². The highest BCUT2D eigenvalue weighted by Crippen LogP contribution is 2.40. The lowest BCUT2D eigenvalue weighted by Gasteiger charge is -2.10. The van der Waals surface area contributed by atoms with Gasteiger partial charge in [0.25, 0.3) is 0 Å². The quantitative estimate of drug-likeness (QED) is 0.229. The van der Waals surface area contributed by atoms with E-state index in [1.54, 1.807) is 11.3 Å². The minimum atomic E-state index is 0.187. The van der Waals surface area contributed by atoms with Crippen LogP contribution in [0.25, 0.3) is 65.2 Å². The van der Waals surface area contributed by atoms with Gasteiger partial charge in [0.2, 0.25) is 5.28 Å². The summed E-state index contributed by atoms with van der Waals surface area (Å²) in [5.74, 6) is 1.14. The molecule has 0 spiro atoms. The molecule has 38 heavy (non-hydrogen) atoms. The predicted octanol–water partition coefficient (Wildman–Crippen LogP) is 9.56. The molecule has 0 atom stereocenters. The first-order chi connectivity index (χ1) is 18.7. The molecule has 180 valence electrons. The minimum Gasteiger partial charge on any atom is -0.208 e. The number of nitrogens with zero attached hydrogens (tertiary/aromatic N) is 3. The number of fused-ring (bicyclic) bond motifs is 3. The number of thiophene rings is 1. The van der Waals surface area contributed by atoms with Crippen LogP contribution >= 0.6 is 22.9 Å². The van der Waals surface area contributed by atoms with Crippen LogP contribution in [0, 0.1) is 0 Å². The maximum absolute atomic E-state index is 6.31. The average Bonchev–Trinajstić information content (AvgIpc) is 3.35. The molecule has 0 aliphatic heterocycles. The van der Waals surface area contributed by atoms with E-state index in [0.717, 1.165) is 11.1 Å². The summed E-state index contributed by atoms with van der Waals surface area (Å²) in [5, 5.41) is 2.65. The highest BCUT2D eigenvalue weighted by molar-refractivity contribution is 7.25. The molecule has 0 bridgehead atoms. The van der Waals surface area contributed by atoms with Gasteiger partial charge < -0.3 is 0 Å². The molecule has 3 nitrogen and oxygen atoms in total. The van der Waals surface area contributed by atoms with Crippen LogP contribution in [0.2, 0.25) is 5.28 Å². The molecule has 7 rings (SSSR count). The van der Waals surface area contributed by atoms with Crippen molar-refractivity contribution in [2.45, 2.75) is 0 Å². The van der Waals surface area contributed by atoms with Crippen molar-refractivity contribution in [1.82, 2.24) is 15.0 Å². The highest BCUT2D eigenvalue weighted by atomic mass is 35.5. The third kappa shape index (κ3) is 4.14. The summed E-state index contributed by atoms with van der Waals surface area (Å²) >= 11 is 8.08. The molecule has 7 aromatic rings. The molecule has 0 amide bonds. The molecule has 0 aliphatic rings. The second-order valence-corrected chi connectivity index (χ2v) is 10.5. The van der Waals surface area contributed by atoms with Crippen molar-refractivity contribution in [3.8, 4) is 45.0 Å². The first kappa shape index (κ1) is 22.8. The predicted molar refractivity (Wildman–Crippen MR) is 159 cm³/mol. The van der Waals surface area contributed by atoms with E-state index in [1.165, 1.54) is 42.4 Å². The fourth-order valence-corrected chi connectivity index (χ4v) is 6.17. The van der Waals surface area contributed by atoms with Crippen molar-refractivity contribution in [1.29, 1.82) is 0 Å². The number of halogens is 1. The van der Waals surface area contributed by atoms with Crippen LogP contribution in [0.15, 0.2) is 121 Å². The van der Waals surface area contributed by atoms with Gasteiger partial charge in [-0.25, -0.2) is 4.98 Å². The van der Waals surface area contributed by atoms with Gasteiger partial charge >= 0.3 is 0 Å². The molecule has 0 aliphatic carbocycles. The van der Waals surface area contributed by atoms with E-state index in [4.69, 9.17) is 16.6 Å². The van der Waals surface area contributed by atoms with Crippen molar-refractivity contribution < 1.29 is 0 Å². The van der Waals surface area contributed by atoms with Crippen LogP contribution in [-0.2, 0) is 0 Å². The zero-order valence-corrected chi connectivity index (χ0v) is 21.7. The second kappa shape index (κ2) is 9.49. The Hall–Kier alpha value is -4.38. The number of aromatic nitrogens is 3. The smallest absolute Gasteiger partial charge is 0.208 e. The minimum absolute atomic E-state index is 0.187. The molecule has 0 saturated carbocycles. The number of hydrogen-bond acceptors (Lipinski definition) is 4. The van der Waals surface area contributed by atoms with E-state index in [0.29, 0.717) is 11.6 Å². The highest BCUT2D eigenvalue weighted by Gasteiger charge is 2.14. The Bertz CT molecular complexity index is 1930. The lowest BCUT2D eigenvalue weighted by atomic mass is 9.94. The van der Waals surface area contributed by atoms with Crippen LogP contribution in [-0.4, -0.2) is 15.0 Å². The van der Waals surface area contributed by atoms with E-state index in [-0.39, 0.29) is 5.28 Å². The van der Waals surface area contributed by atoms with Crippen molar-refractivity contribution in [3.05, 3.63) is 127 Å². The Morgan fingerprint density at radius 3 is 1.79 bits per heavy atom. The van der Waals surface area contributed by atoms with Gasteiger partial charge in [-0.15, -0.1) is 11.3 Å². The third-order valence-electron chi connectivity index (χ3n) is 6.69. The molecule has 0 saturated heterocycles. The zero-order valence-electron chi connectivity index (χ0n) is 20.2. The van der Waals surface area contributed by atoms with E-state index >= 15 is 0 Å². The van der Waals surface area contributed by atoms with Crippen LogP contribution in [0.5, 0.6) is 0 Å². The van der Waals surface area contributed by atoms with Crippen LogP contribution in [0.1, 0.15) is 0 Å². The molecule has 0 unspecified atom stereocenters. The van der Waals surface area contributed by atoms with Crippen LogP contribution in [0.3, 0.4) is 0 Å². The van der Waals surface area contributed by atoms with Crippen LogP contribution in [0.4, 0.5) is 0 Å². The summed E-state index contributed by atoms with van der Waals surface area (Å²) < 4.78 is 2.43. The molecule has 5 heteroatoms. The Kier molecular flexibility index (Phi) is 5.69. The molecular formula is C33H20ClN3S. The van der Waals surface area contributed by atoms with Gasteiger partial charge in [0.1, 0.15) is 0 Å². The lowest BCUT2D eigenvalue weighted by molar-refractivity contribution is 1.07. The van der Waals surface area contributed by atoms with Gasteiger partial charge in [-0.1, -0.05) is 103 Å². The number of benzene rings is 5. The summed E-state index contributed by atoms with van der Waals surface area (Å²) in [6.45, 7) is 0. The fourth-order valence-electron chi connectivity index (χ4n) is 4.88. The molecule has 5 aromatic carbocycles. The van der Waals surface area contributed by atoms with E-state index in [2.05, 4.69) is 101 Å². The van der Waals surface area contributed by atoms with Gasteiger partial charge in [-0.3, -0.25) is 0 Å². The standard InChI is InChI=1S/C33H20ClN3S/c34-33-36-31(22-11-5-2-6-12-22)35-32(37-33)24-15-17-27-28-19-23(16-18-29(28)38-30(27)20-24)26-14-8-7-13-25(26)21-9-3-1-4-10-21/h1-20H. The van der Waals surface area contributed by atoms with Gasteiger partial charge in [0.05, 0.1) is 0 Å². The Balaban J connectivity index is 1.32. The van der Waals surface area contributed by atoms with E-state index in [1.807, 2.05) is 30.3 Å². The zero-order chi connectivity index (χ0) is 25.5. The van der Waals surface area contributed by atoms with Gasteiger partial charge in [-0.2, -0.15) is 9.97 Å². The SMILES string of the molecule is Clc1nc(-c2ccccc2)nc(-c2ccc3c(c2)sc2ccc(-c4ccccc4-c4ccccc4)cc23)n1. The van der Waals surface area contributed by atoms with E-state index < -0.39 is 0 Å². The molecule has 2 heterocycles. The summed E-state index contributed by atoms with van der Waals surface area (Å²) in [6, 6.07) is 42.1. The lowest BCUT2D eigenvalue weighted by Crippen LogP contribution is -1.97. The Morgan fingerprint density at radius 1 is 0.447 bits per heavy atom. The Labute approximate surface area is 229 Å². The first-order valence-corrected chi connectivity index (χ1v) is 13.5. The first-order valence-electron chi connectivity index (χ1n) is 12.3. The normalized spacial score (nSPS) is 11.3. The number of hydrogen-bond donors (Lipinski definition) is 0. The largest absolute Gasteiger partial charge is 0.226 e. The molecule has 0 N–H and O–H groups in total. The third-order valence-corrected chi connectivity index (χ3v) is 8.00. The summed E-state index contributed by atoms with van der Waals surface area (Å²) in [5.41, 5.74) is 6.70. The summed E-state index contributed by atoms with van der Waals surface area (Å²) in [7, 11) is 0. The average molecular weight is 526 g/mol. The monoisotopic (exact) mass is 525 g/mol. The molecule has 0 fully saturated rings. The van der Waals surface area contributed by atoms with Crippen LogP contribution < -0.4 is 0 Å². The molecule has 0 radical (unpaired) electrons. The van der Waals surface area contributed by atoms with Crippen molar-refractivity contribution >= 4 is 43.1 Å². The van der Waals surface area contributed by atoms with Gasteiger partial charge in [0, 0.05) is 31.3 Å². The van der Waals surface area contributed by atoms with Gasteiger partial charge in [0.15, 0.2) is 11.6 Å². The summed E-state index contributed by atoms with van der Waals surface area (Å²) in [4.78, 5) is 13.5. The Morgan fingerprint density at radius 2 is 1.05 bits per heavy atom.